The van der Waals surface area contributed by atoms with Crippen molar-refractivity contribution in [3.63, 3.8) is 0 Å². The summed E-state index contributed by atoms with van der Waals surface area (Å²) in [4.78, 5) is 24.0. The average molecular weight is 471 g/mol. The van der Waals surface area contributed by atoms with Gasteiger partial charge < -0.3 is 14.6 Å². The van der Waals surface area contributed by atoms with Crippen molar-refractivity contribution < 1.29 is 24.2 Å². The monoisotopic (exact) mass is 470 g/mol. The molecule has 0 radical (unpaired) electrons. The lowest BCUT2D eigenvalue weighted by Crippen LogP contribution is -2.27. The Labute approximate surface area is 204 Å². The van der Waals surface area contributed by atoms with Gasteiger partial charge in [-0.25, -0.2) is 4.79 Å². The first kappa shape index (κ1) is 31.9. The standard InChI is InChI=1S/C28H54O5/c1-5-9-15-24(16-10-6-2)19-13-21-32-27(30)23-26(29)28(31)33-22-14-20-25(17-11-7-3)18-12-8-4/h24-26,29H,5-23H2,1-4H3. The smallest absolute Gasteiger partial charge is 0.335 e. The van der Waals surface area contributed by atoms with Gasteiger partial charge in [0.1, 0.15) is 0 Å². The van der Waals surface area contributed by atoms with Gasteiger partial charge in [-0.05, 0) is 37.5 Å². The summed E-state index contributed by atoms with van der Waals surface area (Å²) in [5.41, 5.74) is 0. The third kappa shape index (κ3) is 19.0. The number of rotatable bonds is 23. The normalized spacial score (nSPS) is 12.3. The van der Waals surface area contributed by atoms with Crippen LogP contribution >= 0.6 is 0 Å². The molecule has 0 bridgehead atoms. The van der Waals surface area contributed by atoms with E-state index in [1.807, 2.05) is 0 Å². The van der Waals surface area contributed by atoms with Gasteiger partial charge in [0.15, 0.2) is 6.10 Å². The maximum atomic E-state index is 12.0. The second-order valence-electron chi connectivity index (χ2n) is 9.69. The highest BCUT2D eigenvalue weighted by atomic mass is 16.6. The van der Waals surface area contributed by atoms with E-state index < -0.39 is 18.0 Å². The Morgan fingerprint density at radius 2 is 0.970 bits per heavy atom. The number of hydrogen-bond donors (Lipinski definition) is 1. The summed E-state index contributed by atoms with van der Waals surface area (Å²) in [6.45, 7) is 9.51. The number of aliphatic hydroxyl groups is 1. The van der Waals surface area contributed by atoms with Crippen LogP contribution in [0.15, 0.2) is 0 Å². The van der Waals surface area contributed by atoms with Crippen molar-refractivity contribution in [2.45, 2.75) is 143 Å². The molecule has 5 nitrogen and oxygen atoms in total. The van der Waals surface area contributed by atoms with E-state index in [-0.39, 0.29) is 6.42 Å². The number of aliphatic hydroxyl groups excluding tert-OH is 1. The fraction of sp³-hybridized carbons (Fsp3) is 0.929. The molecule has 0 saturated heterocycles. The molecule has 0 aliphatic rings. The summed E-state index contributed by atoms with van der Waals surface area (Å²) in [5.74, 6) is 0.141. The minimum atomic E-state index is -1.43. The Hall–Kier alpha value is -1.10. The molecule has 196 valence electrons. The molecule has 0 aromatic rings. The molecule has 0 amide bonds. The van der Waals surface area contributed by atoms with Crippen LogP contribution in [0.25, 0.3) is 0 Å². The van der Waals surface area contributed by atoms with Crippen molar-refractivity contribution in [3.05, 3.63) is 0 Å². The lowest BCUT2D eigenvalue weighted by Gasteiger charge is -2.17. The minimum absolute atomic E-state index is 0.302. The van der Waals surface area contributed by atoms with Crippen LogP contribution in [-0.4, -0.2) is 36.4 Å². The molecule has 0 aliphatic carbocycles. The molecule has 1 unspecified atom stereocenters. The number of unbranched alkanes of at least 4 members (excludes halogenated alkanes) is 4. The summed E-state index contributed by atoms with van der Waals surface area (Å²) in [6, 6.07) is 0. The Morgan fingerprint density at radius 1 is 0.606 bits per heavy atom. The molecule has 33 heavy (non-hydrogen) atoms. The van der Waals surface area contributed by atoms with Crippen LogP contribution in [0.3, 0.4) is 0 Å². The summed E-state index contributed by atoms with van der Waals surface area (Å²) in [7, 11) is 0. The predicted octanol–water partition coefficient (Wildman–Crippen LogP) is 7.38. The molecule has 1 atom stereocenters. The van der Waals surface area contributed by atoms with E-state index in [0.717, 1.165) is 25.7 Å². The van der Waals surface area contributed by atoms with Crippen molar-refractivity contribution in [1.29, 1.82) is 0 Å². The molecule has 0 heterocycles. The zero-order valence-electron chi connectivity index (χ0n) is 22.2. The van der Waals surface area contributed by atoms with Crippen molar-refractivity contribution in [1.82, 2.24) is 0 Å². The maximum absolute atomic E-state index is 12.0. The van der Waals surface area contributed by atoms with Gasteiger partial charge in [0.25, 0.3) is 0 Å². The van der Waals surface area contributed by atoms with Crippen molar-refractivity contribution in [2.75, 3.05) is 13.2 Å². The molecule has 0 saturated carbocycles. The average Bonchev–Trinajstić information content (AvgIpc) is 2.81. The summed E-state index contributed by atoms with van der Waals surface area (Å²) in [5, 5.41) is 9.99. The number of carbonyl (C=O) groups excluding carboxylic acids is 2. The number of carbonyl (C=O) groups is 2. The fourth-order valence-electron chi connectivity index (χ4n) is 4.34. The van der Waals surface area contributed by atoms with Gasteiger partial charge >= 0.3 is 11.9 Å². The van der Waals surface area contributed by atoms with Crippen LogP contribution in [0.5, 0.6) is 0 Å². The van der Waals surface area contributed by atoms with Crippen molar-refractivity contribution in [3.8, 4) is 0 Å². The highest BCUT2D eigenvalue weighted by molar-refractivity contribution is 5.81. The van der Waals surface area contributed by atoms with Gasteiger partial charge in [0.05, 0.1) is 19.6 Å². The number of esters is 2. The van der Waals surface area contributed by atoms with Gasteiger partial charge in [0.2, 0.25) is 0 Å². The zero-order chi connectivity index (χ0) is 24.7. The number of hydrogen-bond acceptors (Lipinski definition) is 5. The van der Waals surface area contributed by atoms with Gasteiger partial charge in [0, 0.05) is 0 Å². The zero-order valence-corrected chi connectivity index (χ0v) is 22.2. The Kier molecular flexibility index (Phi) is 21.9. The summed E-state index contributed by atoms with van der Waals surface area (Å²) >= 11 is 0. The van der Waals surface area contributed by atoms with Gasteiger partial charge in [-0.3, -0.25) is 4.79 Å². The van der Waals surface area contributed by atoms with E-state index in [1.165, 1.54) is 77.0 Å². The quantitative estimate of drug-likeness (QED) is 0.125. The molecule has 0 fully saturated rings. The molecular formula is C28H54O5. The maximum Gasteiger partial charge on any atom is 0.335 e. The van der Waals surface area contributed by atoms with Crippen molar-refractivity contribution >= 4 is 11.9 Å². The van der Waals surface area contributed by atoms with Gasteiger partial charge in [-0.2, -0.15) is 0 Å². The Bertz CT molecular complexity index is 449. The second kappa shape index (κ2) is 22.7. The van der Waals surface area contributed by atoms with Crippen LogP contribution in [0, 0.1) is 11.8 Å². The minimum Gasteiger partial charge on any atom is -0.466 e. The van der Waals surface area contributed by atoms with E-state index in [4.69, 9.17) is 9.47 Å². The van der Waals surface area contributed by atoms with Crippen LogP contribution in [0.2, 0.25) is 0 Å². The Balaban J connectivity index is 4.04. The topological polar surface area (TPSA) is 72.8 Å². The van der Waals surface area contributed by atoms with Gasteiger partial charge in [-0.1, -0.05) is 105 Å². The third-order valence-corrected chi connectivity index (χ3v) is 6.52. The largest absolute Gasteiger partial charge is 0.466 e. The molecule has 0 spiro atoms. The lowest BCUT2D eigenvalue weighted by molar-refractivity contribution is -0.160. The predicted molar refractivity (Wildman–Crippen MR) is 136 cm³/mol. The second-order valence-corrected chi connectivity index (χ2v) is 9.69. The molecule has 0 aromatic heterocycles. The van der Waals surface area contributed by atoms with Gasteiger partial charge in [-0.15, -0.1) is 0 Å². The van der Waals surface area contributed by atoms with E-state index in [1.54, 1.807) is 0 Å². The van der Waals surface area contributed by atoms with Crippen LogP contribution < -0.4 is 0 Å². The SMILES string of the molecule is CCCCC(CCCC)CCCOC(=O)CC(O)C(=O)OCCCC(CCCC)CCCC. The molecule has 1 N–H and O–H groups in total. The molecule has 0 rings (SSSR count). The van der Waals surface area contributed by atoms with E-state index in [9.17, 15) is 14.7 Å². The summed E-state index contributed by atoms with van der Waals surface area (Å²) < 4.78 is 10.4. The lowest BCUT2D eigenvalue weighted by atomic mass is 9.92. The van der Waals surface area contributed by atoms with E-state index in [0.29, 0.717) is 25.0 Å². The fourth-order valence-corrected chi connectivity index (χ4v) is 4.34. The highest BCUT2D eigenvalue weighted by Gasteiger charge is 2.21. The van der Waals surface area contributed by atoms with Crippen LogP contribution in [0.4, 0.5) is 0 Å². The van der Waals surface area contributed by atoms with E-state index >= 15 is 0 Å². The first-order valence-electron chi connectivity index (χ1n) is 14.0. The van der Waals surface area contributed by atoms with Crippen LogP contribution in [0.1, 0.15) is 137 Å². The molecule has 0 aliphatic heterocycles. The first-order valence-corrected chi connectivity index (χ1v) is 14.0. The third-order valence-electron chi connectivity index (χ3n) is 6.52. The molecule has 5 heteroatoms. The number of ether oxygens (including phenoxy) is 2. The highest BCUT2D eigenvalue weighted by Crippen LogP contribution is 2.22. The summed E-state index contributed by atoms with van der Waals surface area (Å²) in [6.07, 6.45) is 16.8. The van der Waals surface area contributed by atoms with E-state index in [2.05, 4.69) is 27.7 Å². The molecular weight excluding hydrogens is 416 g/mol. The first-order chi connectivity index (χ1) is 16.0. The van der Waals surface area contributed by atoms with Crippen LogP contribution in [-0.2, 0) is 19.1 Å². The van der Waals surface area contributed by atoms with Crippen molar-refractivity contribution in [2.24, 2.45) is 11.8 Å². The molecule has 0 aromatic carbocycles. The Morgan fingerprint density at radius 3 is 1.36 bits per heavy atom.